The predicted molar refractivity (Wildman–Crippen MR) is 114 cm³/mol. The summed E-state index contributed by atoms with van der Waals surface area (Å²) in [4.78, 5) is 37.6. The van der Waals surface area contributed by atoms with E-state index in [2.05, 4.69) is 27.7 Å². The Morgan fingerprint density at radius 3 is 1.68 bits per heavy atom. The maximum absolute atomic E-state index is 12.9. The molecule has 0 heterocycles. The molecule has 1 amide bonds. The molecule has 28 heavy (non-hydrogen) atoms. The number of aliphatic carboxylic acids is 1. The number of carboxylic acid groups (broad SMARTS) is 1. The number of rotatable bonds is 18. The van der Waals surface area contributed by atoms with Crippen molar-refractivity contribution in [3.8, 4) is 0 Å². The van der Waals surface area contributed by atoms with Crippen LogP contribution in [0.5, 0.6) is 0 Å². The van der Waals surface area contributed by atoms with E-state index in [1.165, 1.54) is 12.8 Å². The van der Waals surface area contributed by atoms with Gasteiger partial charge in [0.25, 0.3) is 0 Å². The minimum atomic E-state index is -0.899. The van der Waals surface area contributed by atoms with Crippen LogP contribution in [-0.2, 0) is 14.4 Å². The first-order valence-corrected chi connectivity index (χ1v) is 11.4. The molecule has 0 rings (SSSR count). The Kier molecular flexibility index (Phi) is 15.7. The molecule has 0 saturated carbocycles. The van der Waals surface area contributed by atoms with Gasteiger partial charge in [-0.3, -0.25) is 14.4 Å². The maximum atomic E-state index is 12.9. The van der Waals surface area contributed by atoms with Gasteiger partial charge in [-0.1, -0.05) is 66.2 Å². The molecule has 2 unspecified atom stereocenters. The summed E-state index contributed by atoms with van der Waals surface area (Å²) in [5.41, 5.74) is 0. The van der Waals surface area contributed by atoms with Crippen LogP contribution in [0.4, 0.5) is 0 Å². The van der Waals surface area contributed by atoms with Crippen LogP contribution in [0, 0.1) is 11.8 Å². The van der Waals surface area contributed by atoms with Crippen LogP contribution < -0.4 is 0 Å². The molecule has 0 saturated heterocycles. The number of unbranched alkanes of at least 4 members (excludes halogenated alkanes) is 2. The number of hydrogen-bond acceptors (Lipinski definition) is 3. The summed E-state index contributed by atoms with van der Waals surface area (Å²) in [6.45, 7) is 10.2. The SMILES string of the molecule is CCCCC(CC)CN(CC(CC)CCCC)C(=O)CC(=O)CCCC(=O)O. The average molecular weight is 398 g/mol. The first-order valence-electron chi connectivity index (χ1n) is 11.4. The van der Waals surface area contributed by atoms with Crippen molar-refractivity contribution in [3.63, 3.8) is 0 Å². The summed E-state index contributed by atoms with van der Waals surface area (Å²) >= 11 is 0. The number of hydrogen-bond donors (Lipinski definition) is 1. The van der Waals surface area contributed by atoms with Crippen molar-refractivity contribution in [2.45, 2.75) is 105 Å². The van der Waals surface area contributed by atoms with Crippen molar-refractivity contribution in [1.29, 1.82) is 0 Å². The van der Waals surface area contributed by atoms with E-state index in [9.17, 15) is 14.4 Å². The van der Waals surface area contributed by atoms with Crippen molar-refractivity contribution in [1.82, 2.24) is 4.90 Å². The second kappa shape index (κ2) is 16.6. The van der Waals surface area contributed by atoms with Crippen LogP contribution in [0.1, 0.15) is 105 Å². The van der Waals surface area contributed by atoms with Crippen LogP contribution >= 0.6 is 0 Å². The molecule has 0 radical (unpaired) electrons. The molecule has 0 aliphatic heterocycles. The number of nitrogens with zero attached hydrogens (tertiary/aromatic N) is 1. The number of carboxylic acids is 1. The Hall–Kier alpha value is -1.39. The second-order valence-corrected chi connectivity index (χ2v) is 8.09. The van der Waals surface area contributed by atoms with E-state index >= 15 is 0 Å². The topological polar surface area (TPSA) is 74.7 Å². The Balaban J connectivity index is 4.93. The molecule has 5 nitrogen and oxygen atoms in total. The molecular weight excluding hydrogens is 354 g/mol. The van der Waals surface area contributed by atoms with Gasteiger partial charge >= 0.3 is 5.97 Å². The first kappa shape index (κ1) is 26.6. The number of carbonyl (C=O) groups excluding carboxylic acids is 2. The van der Waals surface area contributed by atoms with Gasteiger partial charge in [-0.05, 0) is 31.1 Å². The standard InChI is InChI=1S/C23H43NO4/c1-5-9-12-19(7-3)17-24(18-20(8-4)13-10-6-2)22(26)16-21(25)14-11-15-23(27)28/h19-20H,5-18H2,1-4H3,(H,27,28). The minimum Gasteiger partial charge on any atom is -0.481 e. The summed E-state index contributed by atoms with van der Waals surface area (Å²) in [5.74, 6) is -0.154. The largest absolute Gasteiger partial charge is 0.481 e. The highest BCUT2D eigenvalue weighted by atomic mass is 16.4. The molecule has 0 aromatic carbocycles. The van der Waals surface area contributed by atoms with Gasteiger partial charge in [-0.15, -0.1) is 0 Å². The second-order valence-electron chi connectivity index (χ2n) is 8.09. The van der Waals surface area contributed by atoms with E-state index in [-0.39, 0.29) is 31.0 Å². The number of carbonyl (C=O) groups is 3. The van der Waals surface area contributed by atoms with Crippen molar-refractivity contribution >= 4 is 17.7 Å². The number of ketones is 1. The lowest BCUT2D eigenvalue weighted by Gasteiger charge is -2.30. The molecule has 0 aliphatic rings. The Bertz CT molecular complexity index is 432. The molecule has 0 aliphatic carbocycles. The van der Waals surface area contributed by atoms with Gasteiger partial charge in [-0.2, -0.15) is 0 Å². The van der Waals surface area contributed by atoms with Crippen molar-refractivity contribution in [2.75, 3.05) is 13.1 Å². The van der Waals surface area contributed by atoms with Gasteiger partial charge in [-0.25, -0.2) is 0 Å². The summed E-state index contributed by atoms with van der Waals surface area (Å²) < 4.78 is 0. The van der Waals surface area contributed by atoms with Crippen molar-refractivity contribution in [2.24, 2.45) is 11.8 Å². The fraction of sp³-hybridized carbons (Fsp3) is 0.870. The van der Waals surface area contributed by atoms with E-state index in [0.717, 1.165) is 51.6 Å². The third kappa shape index (κ3) is 12.9. The lowest BCUT2D eigenvalue weighted by Crippen LogP contribution is -2.39. The normalized spacial score (nSPS) is 13.1. The Labute approximate surface area is 172 Å². The molecule has 5 heteroatoms. The van der Waals surface area contributed by atoms with Gasteiger partial charge in [0.15, 0.2) is 0 Å². The predicted octanol–water partition coefficient (Wildman–Crippen LogP) is 5.46. The lowest BCUT2D eigenvalue weighted by molar-refractivity contribution is -0.137. The van der Waals surface area contributed by atoms with Gasteiger partial charge in [0.1, 0.15) is 5.78 Å². The monoisotopic (exact) mass is 397 g/mol. The third-order valence-electron chi connectivity index (χ3n) is 5.59. The van der Waals surface area contributed by atoms with E-state index < -0.39 is 5.97 Å². The van der Waals surface area contributed by atoms with Crippen LogP contribution in [0.15, 0.2) is 0 Å². The number of Topliss-reactive ketones (excluding diaryl/α,β-unsaturated/α-hetero) is 1. The molecule has 164 valence electrons. The van der Waals surface area contributed by atoms with E-state index in [1.807, 2.05) is 4.90 Å². The fourth-order valence-corrected chi connectivity index (χ4v) is 3.54. The molecule has 0 bridgehead atoms. The van der Waals surface area contributed by atoms with E-state index in [1.54, 1.807) is 0 Å². The molecule has 2 atom stereocenters. The average Bonchev–Trinajstić information content (AvgIpc) is 2.66. The highest BCUT2D eigenvalue weighted by molar-refractivity contribution is 5.98. The maximum Gasteiger partial charge on any atom is 0.303 e. The van der Waals surface area contributed by atoms with Crippen molar-refractivity contribution < 1.29 is 19.5 Å². The van der Waals surface area contributed by atoms with E-state index in [0.29, 0.717) is 18.3 Å². The zero-order chi connectivity index (χ0) is 21.4. The molecule has 0 aromatic rings. The summed E-state index contributed by atoms with van der Waals surface area (Å²) in [6, 6.07) is 0. The molecule has 1 N–H and O–H groups in total. The summed E-state index contributed by atoms with van der Waals surface area (Å²) in [5, 5.41) is 8.70. The zero-order valence-electron chi connectivity index (χ0n) is 18.7. The zero-order valence-corrected chi connectivity index (χ0v) is 18.7. The first-order chi connectivity index (χ1) is 13.4. The van der Waals surface area contributed by atoms with E-state index in [4.69, 9.17) is 5.11 Å². The quantitative estimate of drug-likeness (QED) is 0.312. The van der Waals surface area contributed by atoms with Gasteiger partial charge in [0, 0.05) is 25.9 Å². The lowest BCUT2D eigenvalue weighted by atomic mass is 9.95. The number of amides is 1. The smallest absolute Gasteiger partial charge is 0.303 e. The van der Waals surface area contributed by atoms with Crippen LogP contribution in [0.3, 0.4) is 0 Å². The minimum absolute atomic E-state index is 0.0203. The van der Waals surface area contributed by atoms with Crippen LogP contribution in [-0.4, -0.2) is 40.8 Å². The molecule has 0 aromatic heterocycles. The third-order valence-corrected chi connectivity index (χ3v) is 5.59. The van der Waals surface area contributed by atoms with Crippen LogP contribution in [0.25, 0.3) is 0 Å². The fourth-order valence-electron chi connectivity index (χ4n) is 3.54. The van der Waals surface area contributed by atoms with Gasteiger partial charge in [0.2, 0.25) is 5.91 Å². The Morgan fingerprint density at radius 1 is 0.786 bits per heavy atom. The van der Waals surface area contributed by atoms with Gasteiger partial charge < -0.3 is 10.0 Å². The highest BCUT2D eigenvalue weighted by Gasteiger charge is 2.23. The van der Waals surface area contributed by atoms with Gasteiger partial charge in [0.05, 0.1) is 6.42 Å². The van der Waals surface area contributed by atoms with Crippen LogP contribution in [0.2, 0.25) is 0 Å². The summed E-state index contributed by atoms with van der Waals surface area (Å²) in [7, 11) is 0. The van der Waals surface area contributed by atoms with Crippen molar-refractivity contribution in [3.05, 3.63) is 0 Å². The molecule has 0 spiro atoms. The highest BCUT2D eigenvalue weighted by Crippen LogP contribution is 2.20. The molecular formula is C23H43NO4. The summed E-state index contributed by atoms with van der Waals surface area (Å²) in [6.07, 6.45) is 9.34. The Morgan fingerprint density at radius 2 is 1.29 bits per heavy atom. The molecule has 0 fully saturated rings.